The van der Waals surface area contributed by atoms with E-state index in [1.807, 2.05) is 30.3 Å². The van der Waals surface area contributed by atoms with E-state index in [4.69, 9.17) is 16.3 Å². The topological polar surface area (TPSA) is 87.1 Å². The van der Waals surface area contributed by atoms with Crippen LogP contribution in [0.5, 0.6) is 0 Å². The summed E-state index contributed by atoms with van der Waals surface area (Å²) in [5.41, 5.74) is 2.09. The van der Waals surface area contributed by atoms with Crippen LogP contribution in [0, 0.1) is 5.82 Å². The second kappa shape index (κ2) is 12.0. The van der Waals surface area contributed by atoms with Gasteiger partial charge in [-0.15, -0.1) is 0 Å². The fourth-order valence-corrected chi connectivity index (χ4v) is 4.54. The van der Waals surface area contributed by atoms with Crippen LogP contribution in [-0.2, 0) is 32.1 Å². The van der Waals surface area contributed by atoms with Crippen LogP contribution >= 0.6 is 11.6 Å². The quantitative estimate of drug-likeness (QED) is 0.455. The van der Waals surface area contributed by atoms with Gasteiger partial charge in [0.15, 0.2) is 6.10 Å². The summed E-state index contributed by atoms with van der Waals surface area (Å²) in [5.74, 6) is -2.52. The molecule has 3 aromatic carbocycles. The van der Waals surface area contributed by atoms with Crippen LogP contribution in [0.25, 0.3) is 0 Å². The third kappa shape index (κ3) is 6.72. The number of carbonyl (C=O) groups excluding carboxylic acids is 2. The highest BCUT2D eigenvalue weighted by Gasteiger charge is 2.43. The summed E-state index contributed by atoms with van der Waals surface area (Å²) in [6, 6.07) is 21.1. The van der Waals surface area contributed by atoms with Gasteiger partial charge in [-0.3, -0.25) is 14.4 Å². The van der Waals surface area contributed by atoms with Crippen molar-refractivity contribution in [1.29, 1.82) is 0 Å². The van der Waals surface area contributed by atoms with E-state index < -0.39 is 36.4 Å². The molecule has 2 atom stereocenters. The number of amides is 2. The minimum absolute atomic E-state index is 0.0416. The molecule has 2 amide bonds. The van der Waals surface area contributed by atoms with Crippen molar-refractivity contribution >= 4 is 29.4 Å². The second-order valence-electron chi connectivity index (χ2n) is 8.77. The maximum absolute atomic E-state index is 13.9. The highest BCUT2D eigenvalue weighted by molar-refractivity contribution is 6.30. The van der Waals surface area contributed by atoms with Crippen molar-refractivity contribution < 1.29 is 28.6 Å². The minimum atomic E-state index is -1.16. The summed E-state index contributed by atoms with van der Waals surface area (Å²) in [5, 5.41) is 9.98. The van der Waals surface area contributed by atoms with E-state index in [1.54, 1.807) is 36.4 Å². The molecule has 192 valence electrons. The molecule has 0 unspecified atom stereocenters. The van der Waals surface area contributed by atoms with Gasteiger partial charge in [0, 0.05) is 18.1 Å². The normalized spacial score (nSPS) is 17.5. The lowest BCUT2D eigenvalue weighted by molar-refractivity contribution is -0.171. The van der Waals surface area contributed by atoms with Crippen LogP contribution in [0.15, 0.2) is 78.9 Å². The lowest BCUT2D eigenvalue weighted by Gasteiger charge is -2.42. The molecule has 0 spiro atoms. The van der Waals surface area contributed by atoms with E-state index >= 15 is 0 Å². The van der Waals surface area contributed by atoms with Gasteiger partial charge in [0.25, 0.3) is 5.91 Å². The molecule has 0 bridgehead atoms. The first-order valence-electron chi connectivity index (χ1n) is 11.8. The van der Waals surface area contributed by atoms with Crippen molar-refractivity contribution in [3.8, 4) is 0 Å². The van der Waals surface area contributed by atoms with E-state index in [0.29, 0.717) is 22.6 Å². The molecule has 0 aliphatic carbocycles. The molecule has 3 aromatic rings. The standard InChI is InChI=1S/C28H26ClFN2O5/c29-22-11-9-21(10-12-22)26-27(37-18-24(33)32(26)16-20-7-4-8-23(30)15-20)28(36)31(17-25(34)35)14-13-19-5-2-1-3-6-19/h1-12,15,26-27H,13-14,16-18H2,(H,34,35)/t26-,27+/m1/s1. The summed E-state index contributed by atoms with van der Waals surface area (Å²) >= 11 is 6.08. The molecule has 1 saturated heterocycles. The highest BCUT2D eigenvalue weighted by atomic mass is 35.5. The SMILES string of the molecule is O=C(O)CN(CCc1ccccc1)C(=O)[C@H]1OCC(=O)N(Cc2cccc(F)c2)[C@@H]1c1ccc(Cl)cc1. The molecule has 0 saturated carbocycles. The van der Waals surface area contributed by atoms with Gasteiger partial charge >= 0.3 is 5.97 Å². The lowest BCUT2D eigenvalue weighted by Crippen LogP contribution is -2.55. The Morgan fingerprint density at radius 3 is 2.41 bits per heavy atom. The number of ether oxygens (including phenoxy) is 1. The first-order valence-corrected chi connectivity index (χ1v) is 12.1. The Morgan fingerprint density at radius 1 is 1.03 bits per heavy atom. The molecular formula is C28H26ClFN2O5. The number of carboxylic acids is 1. The second-order valence-corrected chi connectivity index (χ2v) is 9.21. The lowest BCUT2D eigenvalue weighted by atomic mass is 9.95. The zero-order valence-corrected chi connectivity index (χ0v) is 20.7. The van der Waals surface area contributed by atoms with Crippen molar-refractivity contribution in [3.05, 3.63) is 106 Å². The molecule has 1 aliphatic rings. The van der Waals surface area contributed by atoms with Crippen LogP contribution in [0.3, 0.4) is 0 Å². The average molecular weight is 525 g/mol. The summed E-state index contributed by atoms with van der Waals surface area (Å²) in [6.45, 7) is -0.688. The van der Waals surface area contributed by atoms with Gasteiger partial charge in [-0.05, 0) is 47.4 Å². The van der Waals surface area contributed by atoms with Gasteiger partial charge in [-0.25, -0.2) is 4.39 Å². The zero-order valence-electron chi connectivity index (χ0n) is 19.9. The molecule has 1 fully saturated rings. The maximum Gasteiger partial charge on any atom is 0.323 e. The Kier molecular flexibility index (Phi) is 8.53. The third-order valence-electron chi connectivity index (χ3n) is 6.18. The summed E-state index contributed by atoms with van der Waals surface area (Å²) in [4.78, 5) is 41.1. The van der Waals surface area contributed by atoms with Crippen LogP contribution < -0.4 is 0 Å². The molecule has 1 heterocycles. The third-order valence-corrected chi connectivity index (χ3v) is 6.43. The number of aliphatic carboxylic acids is 1. The van der Waals surface area contributed by atoms with E-state index in [0.717, 1.165) is 5.56 Å². The van der Waals surface area contributed by atoms with Gasteiger partial charge in [0.2, 0.25) is 5.91 Å². The number of hydrogen-bond acceptors (Lipinski definition) is 4. The first-order chi connectivity index (χ1) is 17.8. The van der Waals surface area contributed by atoms with E-state index in [-0.39, 0.29) is 25.6 Å². The Balaban J connectivity index is 1.66. The van der Waals surface area contributed by atoms with Crippen molar-refractivity contribution in [1.82, 2.24) is 9.80 Å². The average Bonchev–Trinajstić information content (AvgIpc) is 2.88. The predicted octanol–water partition coefficient (Wildman–Crippen LogP) is 4.10. The molecule has 1 N–H and O–H groups in total. The van der Waals surface area contributed by atoms with Gasteiger partial charge in [0.1, 0.15) is 19.0 Å². The number of rotatable bonds is 9. The van der Waals surface area contributed by atoms with Gasteiger partial charge in [-0.2, -0.15) is 0 Å². The number of hydrogen-bond donors (Lipinski definition) is 1. The Bertz CT molecular complexity index is 1250. The van der Waals surface area contributed by atoms with Gasteiger partial charge in [-0.1, -0.05) is 66.2 Å². The van der Waals surface area contributed by atoms with Crippen molar-refractivity contribution in [2.24, 2.45) is 0 Å². The van der Waals surface area contributed by atoms with Crippen LogP contribution in [-0.4, -0.2) is 58.5 Å². The van der Waals surface area contributed by atoms with Crippen LogP contribution in [0.1, 0.15) is 22.7 Å². The molecule has 0 aromatic heterocycles. The first kappa shape index (κ1) is 26.3. The predicted molar refractivity (Wildman–Crippen MR) is 135 cm³/mol. The maximum atomic E-state index is 13.9. The molecule has 4 rings (SSSR count). The number of benzene rings is 3. The Morgan fingerprint density at radius 2 is 1.73 bits per heavy atom. The van der Waals surface area contributed by atoms with Crippen molar-refractivity contribution in [3.63, 3.8) is 0 Å². The summed E-state index contributed by atoms with van der Waals surface area (Å²) in [7, 11) is 0. The smallest absolute Gasteiger partial charge is 0.323 e. The van der Waals surface area contributed by atoms with E-state index in [1.165, 1.54) is 21.9 Å². The summed E-state index contributed by atoms with van der Waals surface area (Å²) in [6.07, 6.45) is -0.716. The Labute approximate surface area is 219 Å². The number of nitrogens with zero attached hydrogens (tertiary/aromatic N) is 2. The van der Waals surface area contributed by atoms with Crippen molar-refractivity contribution in [2.45, 2.75) is 25.1 Å². The number of carbonyl (C=O) groups is 3. The molecule has 1 aliphatic heterocycles. The van der Waals surface area contributed by atoms with E-state index in [2.05, 4.69) is 0 Å². The molecule has 37 heavy (non-hydrogen) atoms. The van der Waals surface area contributed by atoms with Crippen LogP contribution in [0.2, 0.25) is 5.02 Å². The number of morpholine rings is 1. The minimum Gasteiger partial charge on any atom is -0.480 e. The zero-order chi connectivity index (χ0) is 26.4. The fraction of sp³-hybridized carbons (Fsp3) is 0.250. The molecular weight excluding hydrogens is 499 g/mol. The molecule has 7 nitrogen and oxygen atoms in total. The van der Waals surface area contributed by atoms with Gasteiger partial charge in [0.05, 0.1) is 6.04 Å². The molecule has 0 radical (unpaired) electrons. The molecule has 9 heteroatoms. The summed E-state index contributed by atoms with van der Waals surface area (Å²) < 4.78 is 19.7. The monoisotopic (exact) mass is 524 g/mol. The Hall–Kier alpha value is -3.75. The largest absolute Gasteiger partial charge is 0.480 e. The number of halogens is 2. The van der Waals surface area contributed by atoms with Gasteiger partial charge < -0.3 is 19.6 Å². The fourth-order valence-electron chi connectivity index (χ4n) is 4.41. The highest BCUT2D eigenvalue weighted by Crippen LogP contribution is 2.33. The number of carboxylic acid groups (broad SMARTS) is 1. The van der Waals surface area contributed by atoms with Crippen LogP contribution in [0.4, 0.5) is 4.39 Å². The van der Waals surface area contributed by atoms with E-state index in [9.17, 15) is 23.9 Å². The van der Waals surface area contributed by atoms with Crippen molar-refractivity contribution in [2.75, 3.05) is 19.7 Å².